The number of sulfonamides is 1. The fourth-order valence-electron chi connectivity index (χ4n) is 2.36. The molecule has 1 aliphatic rings. The molecule has 1 amide bonds. The first-order valence-electron chi connectivity index (χ1n) is 6.43. The molecular weight excluding hydrogens is 300 g/mol. The number of piperidine rings is 1. The Kier molecular flexibility index (Phi) is 4.67. The molecular formula is C13H17ClN2O3S. The quantitative estimate of drug-likeness (QED) is 0.921. The van der Waals surface area contributed by atoms with E-state index in [1.807, 2.05) is 0 Å². The molecule has 1 aromatic rings. The minimum absolute atomic E-state index is 0.116. The van der Waals surface area contributed by atoms with Crippen molar-refractivity contribution in [2.24, 2.45) is 0 Å². The van der Waals surface area contributed by atoms with Gasteiger partial charge in [0, 0.05) is 26.1 Å². The highest BCUT2D eigenvalue weighted by molar-refractivity contribution is 7.89. The van der Waals surface area contributed by atoms with Crippen LogP contribution in [0.1, 0.15) is 19.8 Å². The van der Waals surface area contributed by atoms with Crippen LogP contribution in [0, 0.1) is 0 Å². The van der Waals surface area contributed by atoms with E-state index in [-0.39, 0.29) is 28.4 Å². The number of amides is 1. The molecule has 0 spiro atoms. The van der Waals surface area contributed by atoms with Gasteiger partial charge in [0.2, 0.25) is 15.9 Å². The number of nitrogens with zero attached hydrogens (tertiary/aromatic N) is 1. The Morgan fingerprint density at radius 3 is 2.75 bits per heavy atom. The van der Waals surface area contributed by atoms with Crippen LogP contribution in [0.25, 0.3) is 0 Å². The molecule has 1 heterocycles. The maximum atomic E-state index is 12.6. The molecule has 7 heteroatoms. The first kappa shape index (κ1) is 15.3. The first-order valence-corrected chi connectivity index (χ1v) is 8.25. The van der Waals surface area contributed by atoms with Gasteiger partial charge in [-0.1, -0.05) is 23.7 Å². The monoisotopic (exact) mass is 316 g/mol. The van der Waals surface area contributed by atoms with Crippen molar-refractivity contribution < 1.29 is 13.2 Å². The largest absolute Gasteiger partial charge is 0.352 e. The van der Waals surface area contributed by atoms with Crippen LogP contribution in [-0.2, 0) is 14.8 Å². The minimum atomic E-state index is -3.61. The van der Waals surface area contributed by atoms with Crippen molar-refractivity contribution in [1.82, 2.24) is 9.62 Å². The molecule has 1 aliphatic heterocycles. The van der Waals surface area contributed by atoms with Gasteiger partial charge in [-0.3, -0.25) is 4.79 Å². The van der Waals surface area contributed by atoms with E-state index in [0.29, 0.717) is 13.0 Å². The van der Waals surface area contributed by atoms with E-state index in [0.717, 1.165) is 6.42 Å². The van der Waals surface area contributed by atoms with Gasteiger partial charge in [-0.05, 0) is 25.0 Å². The Morgan fingerprint density at radius 1 is 1.40 bits per heavy atom. The Bertz CT molecular complexity index is 603. The number of hydrogen-bond acceptors (Lipinski definition) is 3. The van der Waals surface area contributed by atoms with Crippen LogP contribution in [0.3, 0.4) is 0 Å². The van der Waals surface area contributed by atoms with Crippen molar-refractivity contribution in [3.63, 3.8) is 0 Å². The summed E-state index contributed by atoms with van der Waals surface area (Å²) in [6, 6.07) is 6.26. The SMILES string of the molecule is CC(=O)NC1CCCN(S(=O)(=O)c2ccccc2Cl)C1. The van der Waals surface area contributed by atoms with Crippen LogP contribution >= 0.6 is 11.6 Å². The van der Waals surface area contributed by atoms with E-state index < -0.39 is 10.0 Å². The Morgan fingerprint density at radius 2 is 2.10 bits per heavy atom. The molecule has 0 saturated carbocycles. The van der Waals surface area contributed by atoms with Crippen molar-refractivity contribution in [3.05, 3.63) is 29.3 Å². The highest BCUT2D eigenvalue weighted by Gasteiger charge is 2.31. The molecule has 20 heavy (non-hydrogen) atoms. The number of rotatable bonds is 3. The average Bonchev–Trinajstić information content (AvgIpc) is 2.38. The lowest BCUT2D eigenvalue weighted by atomic mass is 10.1. The van der Waals surface area contributed by atoms with Crippen molar-refractivity contribution in [1.29, 1.82) is 0 Å². The zero-order chi connectivity index (χ0) is 14.8. The van der Waals surface area contributed by atoms with Gasteiger partial charge in [0.15, 0.2) is 0 Å². The molecule has 1 aromatic carbocycles. The Labute approximate surface area is 124 Å². The van der Waals surface area contributed by atoms with E-state index in [1.54, 1.807) is 18.2 Å². The third-order valence-corrected chi connectivity index (χ3v) is 5.61. The Balaban J connectivity index is 2.22. The predicted octanol–water partition coefficient (Wildman–Crippen LogP) is 1.63. The minimum Gasteiger partial charge on any atom is -0.352 e. The van der Waals surface area contributed by atoms with Gasteiger partial charge < -0.3 is 5.32 Å². The predicted molar refractivity (Wildman–Crippen MR) is 77.0 cm³/mol. The van der Waals surface area contributed by atoms with E-state index in [2.05, 4.69) is 5.32 Å². The fraction of sp³-hybridized carbons (Fsp3) is 0.462. The molecule has 110 valence electrons. The second-order valence-corrected chi connectivity index (χ2v) is 7.15. The number of hydrogen-bond donors (Lipinski definition) is 1. The summed E-state index contributed by atoms with van der Waals surface area (Å²) < 4.78 is 26.5. The van der Waals surface area contributed by atoms with Crippen LogP contribution in [0.5, 0.6) is 0 Å². The fourth-order valence-corrected chi connectivity index (χ4v) is 4.38. The number of nitrogens with one attached hydrogen (secondary N) is 1. The third kappa shape index (κ3) is 3.31. The smallest absolute Gasteiger partial charge is 0.244 e. The number of halogens is 1. The summed E-state index contributed by atoms with van der Waals surface area (Å²) in [5.41, 5.74) is 0. The summed E-state index contributed by atoms with van der Waals surface area (Å²) in [4.78, 5) is 11.2. The van der Waals surface area contributed by atoms with Gasteiger partial charge in [0.05, 0.1) is 5.02 Å². The van der Waals surface area contributed by atoms with E-state index in [1.165, 1.54) is 17.3 Å². The lowest BCUT2D eigenvalue weighted by molar-refractivity contribution is -0.119. The maximum absolute atomic E-state index is 12.6. The summed E-state index contributed by atoms with van der Waals surface area (Å²) in [7, 11) is -3.61. The topological polar surface area (TPSA) is 66.5 Å². The van der Waals surface area contributed by atoms with Crippen molar-refractivity contribution in [2.75, 3.05) is 13.1 Å². The molecule has 5 nitrogen and oxygen atoms in total. The molecule has 0 radical (unpaired) electrons. The second-order valence-electron chi connectivity index (χ2n) is 4.83. The van der Waals surface area contributed by atoms with Gasteiger partial charge in [-0.25, -0.2) is 8.42 Å². The van der Waals surface area contributed by atoms with Crippen LogP contribution in [0.15, 0.2) is 29.2 Å². The maximum Gasteiger partial charge on any atom is 0.244 e. The lowest BCUT2D eigenvalue weighted by Gasteiger charge is -2.32. The van der Waals surface area contributed by atoms with Crippen molar-refractivity contribution in [3.8, 4) is 0 Å². The van der Waals surface area contributed by atoms with Crippen molar-refractivity contribution >= 4 is 27.5 Å². The summed E-state index contributed by atoms with van der Waals surface area (Å²) in [6.45, 7) is 2.16. The second kappa shape index (κ2) is 6.11. The Hall–Kier alpha value is -1.11. The van der Waals surface area contributed by atoms with Gasteiger partial charge in [0.1, 0.15) is 4.90 Å². The summed E-state index contributed by atoms with van der Waals surface area (Å²) in [5.74, 6) is -0.146. The molecule has 0 bridgehead atoms. The summed E-state index contributed by atoms with van der Waals surface area (Å²) >= 11 is 5.97. The van der Waals surface area contributed by atoms with Gasteiger partial charge >= 0.3 is 0 Å². The third-order valence-electron chi connectivity index (χ3n) is 3.25. The normalized spacial score (nSPS) is 20.6. The average molecular weight is 317 g/mol. The zero-order valence-electron chi connectivity index (χ0n) is 11.2. The molecule has 2 rings (SSSR count). The lowest BCUT2D eigenvalue weighted by Crippen LogP contribution is -2.49. The van der Waals surface area contributed by atoms with Crippen LogP contribution in [0.2, 0.25) is 5.02 Å². The molecule has 1 atom stereocenters. The molecule has 1 saturated heterocycles. The highest BCUT2D eigenvalue weighted by Crippen LogP contribution is 2.26. The summed E-state index contributed by atoms with van der Waals surface area (Å²) in [5, 5.41) is 2.99. The van der Waals surface area contributed by atoms with Gasteiger partial charge in [0.25, 0.3) is 0 Å². The standard InChI is InChI=1S/C13H17ClN2O3S/c1-10(17)15-11-5-4-8-16(9-11)20(18,19)13-7-3-2-6-12(13)14/h2-3,6-7,11H,4-5,8-9H2,1H3,(H,15,17). The van der Waals surface area contributed by atoms with Crippen molar-refractivity contribution in [2.45, 2.75) is 30.7 Å². The molecule has 1 N–H and O–H groups in total. The van der Waals surface area contributed by atoms with Gasteiger partial charge in [-0.15, -0.1) is 0 Å². The zero-order valence-corrected chi connectivity index (χ0v) is 12.7. The van der Waals surface area contributed by atoms with Crippen LogP contribution in [-0.4, -0.2) is 37.8 Å². The molecule has 1 fully saturated rings. The van der Waals surface area contributed by atoms with Gasteiger partial charge in [-0.2, -0.15) is 4.31 Å². The highest BCUT2D eigenvalue weighted by atomic mass is 35.5. The number of carbonyl (C=O) groups excluding carboxylic acids is 1. The van der Waals surface area contributed by atoms with E-state index in [4.69, 9.17) is 11.6 Å². The molecule has 1 unspecified atom stereocenters. The van der Waals surface area contributed by atoms with Crippen LogP contribution in [0.4, 0.5) is 0 Å². The van der Waals surface area contributed by atoms with Crippen LogP contribution < -0.4 is 5.32 Å². The number of benzene rings is 1. The van der Waals surface area contributed by atoms with E-state index >= 15 is 0 Å². The van der Waals surface area contributed by atoms with E-state index in [9.17, 15) is 13.2 Å². The first-order chi connectivity index (χ1) is 9.41. The molecule has 0 aliphatic carbocycles. The molecule has 0 aromatic heterocycles. The number of carbonyl (C=O) groups is 1. The summed E-state index contributed by atoms with van der Waals surface area (Å²) in [6.07, 6.45) is 1.50.